The molecule has 0 saturated heterocycles. The van der Waals surface area contributed by atoms with Crippen molar-refractivity contribution >= 4 is 49.5 Å². The molecule has 0 bridgehead atoms. The number of non-ortho nitro benzene ring substituents is 1. The van der Waals surface area contributed by atoms with E-state index >= 15 is 0 Å². The topological polar surface area (TPSA) is 98.0 Å². The van der Waals surface area contributed by atoms with Crippen LogP contribution in [0.3, 0.4) is 0 Å². The Bertz CT molecular complexity index is 1120. The number of fused-ring (bicyclic) bond motifs is 1. The Balaban J connectivity index is 1.56. The lowest BCUT2D eigenvalue weighted by molar-refractivity contribution is -0.384. The van der Waals surface area contributed by atoms with Crippen LogP contribution in [0.2, 0.25) is 0 Å². The lowest BCUT2D eigenvalue weighted by atomic mass is 10.2. The van der Waals surface area contributed by atoms with Crippen LogP contribution >= 0.6 is 22.7 Å². The lowest BCUT2D eigenvalue weighted by Crippen LogP contribution is -2.09. The molecule has 0 fully saturated rings. The molecule has 4 rings (SSSR count). The van der Waals surface area contributed by atoms with E-state index in [-0.39, 0.29) is 11.6 Å². The SMILES string of the molecule is O=C(Nc1nc(-c2cccnc2)cs1)c1cc2cc([N+](=O)[O-])ccc2s1. The number of hydrogen-bond acceptors (Lipinski definition) is 7. The van der Waals surface area contributed by atoms with Gasteiger partial charge >= 0.3 is 0 Å². The molecule has 0 aliphatic heterocycles. The number of hydrogen-bond donors (Lipinski definition) is 1. The quantitative estimate of drug-likeness (QED) is 0.411. The van der Waals surface area contributed by atoms with Gasteiger partial charge in [0.1, 0.15) is 0 Å². The molecule has 0 radical (unpaired) electrons. The minimum absolute atomic E-state index is 0.00305. The van der Waals surface area contributed by atoms with Crippen LogP contribution in [0, 0.1) is 10.1 Å². The maximum Gasteiger partial charge on any atom is 0.270 e. The summed E-state index contributed by atoms with van der Waals surface area (Å²) in [6.07, 6.45) is 3.39. The van der Waals surface area contributed by atoms with Gasteiger partial charge in [-0.2, -0.15) is 0 Å². The predicted molar refractivity (Wildman–Crippen MR) is 102 cm³/mol. The summed E-state index contributed by atoms with van der Waals surface area (Å²) in [7, 11) is 0. The summed E-state index contributed by atoms with van der Waals surface area (Å²) in [6, 6.07) is 9.92. The number of carbonyl (C=O) groups excluding carboxylic acids is 1. The number of nitrogens with one attached hydrogen (secondary N) is 1. The maximum absolute atomic E-state index is 12.5. The molecule has 0 unspecified atom stereocenters. The Morgan fingerprint density at radius 1 is 1.23 bits per heavy atom. The van der Waals surface area contributed by atoms with Crippen LogP contribution in [-0.4, -0.2) is 20.8 Å². The minimum Gasteiger partial charge on any atom is -0.297 e. The van der Waals surface area contributed by atoms with E-state index < -0.39 is 4.92 Å². The van der Waals surface area contributed by atoms with Gasteiger partial charge in [0, 0.05) is 45.6 Å². The number of rotatable bonds is 4. The molecule has 4 aromatic rings. The van der Waals surface area contributed by atoms with Crippen LogP contribution in [0.1, 0.15) is 9.67 Å². The number of thiophene rings is 1. The Morgan fingerprint density at radius 2 is 2.12 bits per heavy atom. The Morgan fingerprint density at radius 3 is 2.88 bits per heavy atom. The summed E-state index contributed by atoms with van der Waals surface area (Å²) in [6.45, 7) is 0. The fraction of sp³-hybridized carbons (Fsp3) is 0. The largest absolute Gasteiger partial charge is 0.297 e. The first-order valence-electron chi connectivity index (χ1n) is 7.45. The third-order valence-corrected chi connectivity index (χ3v) is 5.49. The molecule has 9 heteroatoms. The number of carbonyl (C=O) groups is 1. The van der Waals surface area contributed by atoms with Gasteiger partial charge in [-0.25, -0.2) is 4.98 Å². The number of aromatic nitrogens is 2. The van der Waals surface area contributed by atoms with Crippen LogP contribution in [0.25, 0.3) is 21.3 Å². The first-order valence-corrected chi connectivity index (χ1v) is 9.15. The number of anilines is 1. The fourth-order valence-corrected chi connectivity index (χ4v) is 4.05. The molecular formula is C17H10N4O3S2. The first kappa shape index (κ1) is 16.3. The van der Waals surface area contributed by atoms with E-state index in [4.69, 9.17) is 0 Å². The molecule has 1 N–H and O–H groups in total. The number of nitrogens with zero attached hydrogens (tertiary/aromatic N) is 3. The van der Waals surface area contributed by atoms with Crippen molar-refractivity contribution in [2.24, 2.45) is 0 Å². The summed E-state index contributed by atoms with van der Waals surface area (Å²) >= 11 is 2.61. The van der Waals surface area contributed by atoms with Crippen molar-refractivity contribution in [3.63, 3.8) is 0 Å². The molecular weight excluding hydrogens is 372 g/mol. The zero-order valence-electron chi connectivity index (χ0n) is 13.1. The fourth-order valence-electron chi connectivity index (χ4n) is 2.39. The number of thiazole rings is 1. The molecule has 26 heavy (non-hydrogen) atoms. The minimum atomic E-state index is -0.452. The molecule has 128 valence electrons. The molecule has 0 aliphatic carbocycles. The molecule has 0 atom stereocenters. The Kier molecular flexibility index (Phi) is 4.15. The van der Waals surface area contributed by atoms with E-state index in [9.17, 15) is 14.9 Å². The second-order valence-corrected chi connectivity index (χ2v) is 7.27. The zero-order valence-corrected chi connectivity index (χ0v) is 14.7. The number of pyridine rings is 1. The summed E-state index contributed by atoms with van der Waals surface area (Å²) in [5.41, 5.74) is 1.62. The van der Waals surface area contributed by atoms with Gasteiger partial charge in [-0.15, -0.1) is 22.7 Å². The Hall–Kier alpha value is -3.17. The summed E-state index contributed by atoms with van der Waals surface area (Å²) in [5.74, 6) is -0.291. The van der Waals surface area contributed by atoms with Crippen molar-refractivity contribution in [2.75, 3.05) is 5.32 Å². The normalized spacial score (nSPS) is 10.8. The van der Waals surface area contributed by atoms with E-state index in [1.54, 1.807) is 24.5 Å². The van der Waals surface area contributed by atoms with Gasteiger partial charge < -0.3 is 0 Å². The van der Waals surface area contributed by atoms with Crippen LogP contribution in [0.15, 0.2) is 54.2 Å². The molecule has 3 heterocycles. The van der Waals surface area contributed by atoms with Crippen molar-refractivity contribution in [3.8, 4) is 11.3 Å². The summed E-state index contributed by atoms with van der Waals surface area (Å²) < 4.78 is 0.816. The standard InChI is InChI=1S/C17H10N4O3S2/c22-16(15-7-11-6-12(21(23)24)3-4-14(11)26-15)20-17-19-13(9-25-17)10-2-1-5-18-8-10/h1-9H,(H,19,20,22). The van der Waals surface area contributed by atoms with Gasteiger partial charge in [-0.3, -0.25) is 25.2 Å². The maximum atomic E-state index is 12.5. The highest BCUT2D eigenvalue weighted by Crippen LogP contribution is 2.30. The smallest absolute Gasteiger partial charge is 0.270 e. The van der Waals surface area contributed by atoms with Crippen molar-refractivity contribution in [3.05, 3.63) is 69.2 Å². The molecule has 1 aromatic carbocycles. The highest BCUT2D eigenvalue weighted by atomic mass is 32.1. The van der Waals surface area contributed by atoms with Crippen molar-refractivity contribution in [1.29, 1.82) is 0 Å². The molecule has 0 spiro atoms. The highest BCUT2D eigenvalue weighted by Gasteiger charge is 2.15. The number of benzene rings is 1. The van der Waals surface area contributed by atoms with Crippen molar-refractivity contribution in [2.45, 2.75) is 0 Å². The van der Waals surface area contributed by atoms with Gasteiger partial charge in [0.2, 0.25) is 0 Å². The van der Waals surface area contributed by atoms with E-state index in [1.165, 1.54) is 34.8 Å². The van der Waals surface area contributed by atoms with Gasteiger partial charge in [0.25, 0.3) is 11.6 Å². The van der Waals surface area contributed by atoms with Crippen LogP contribution in [-0.2, 0) is 0 Å². The van der Waals surface area contributed by atoms with Crippen LogP contribution in [0.5, 0.6) is 0 Å². The number of nitro groups is 1. The zero-order chi connectivity index (χ0) is 18.1. The molecule has 0 saturated carbocycles. The molecule has 0 aliphatic rings. The van der Waals surface area contributed by atoms with Crippen LogP contribution < -0.4 is 5.32 Å². The second-order valence-electron chi connectivity index (χ2n) is 5.32. The molecule has 3 aromatic heterocycles. The third-order valence-electron chi connectivity index (χ3n) is 3.62. The lowest BCUT2D eigenvalue weighted by Gasteiger charge is -1.98. The van der Waals surface area contributed by atoms with E-state index in [0.29, 0.717) is 15.4 Å². The highest BCUT2D eigenvalue weighted by molar-refractivity contribution is 7.21. The average molecular weight is 382 g/mol. The van der Waals surface area contributed by atoms with Gasteiger partial charge in [0.05, 0.1) is 15.5 Å². The van der Waals surface area contributed by atoms with Crippen molar-refractivity contribution in [1.82, 2.24) is 9.97 Å². The van der Waals surface area contributed by atoms with Crippen LogP contribution in [0.4, 0.5) is 10.8 Å². The van der Waals surface area contributed by atoms with E-state index in [1.807, 2.05) is 17.5 Å². The number of amides is 1. The predicted octanol–water partition coefficient (Wildman–Crippen LogP) is 4.58. The Labute approximate surface area is 155 Å². The molecule has 7 nitrogen and oxygen atoms in total. The first-order chi connectivity index (χ1) is 12.6. The summed E-state index contributed by atoms with van der Waals surface area (Å²) in [5, 5.41) is 16.6. The third kappa shape index (κ3) is 3.17. The van der Waals surface area contributed by atoms with Gasteiger partial charge in [0.15, 0.2) is 5.13 Å². The monoisotopic (exact) mass is 382 g/mol. The number of nitro benzene ring substituents is 1. The summed E-state index contributed by atoms with van der Waals surface area (Å²) in [4.78, 5) is 31.8. The van der Waals surface area contributed by atoms with Gasteiger partial charge in [-0.1, -0.05) is 0 Å². The second kappa shape index (κ2) is 6.62. The van der Waals surface area contributed by atoms with E-state index in [0.717, 1.165) is 16.0 Å². The van der Waals surface area contributed by atoms with Gasteiger partial charge in [-0.05, 0) is 24.3 Å². The van der Waals surface area contributed by atoms with E-state index in [2.05, 4.69) is 15.3 Å². The van der Waals surface area contributed by atoms with Crippen molar-refractivity contribution < 1.29 is 9.72 Å². The molecule has 1 amide bonds. The average Bonchev–Trinajstić information content (AvgIpc) is 3.28.